The van der Waals surface area contributed by atoms with Gasteiger partial charge < -0.3 is 20.9 Å². The maximum Gasteiger partial charge on any atom is 0.223 e. The van der Waals surface area contributed by atoms with Gasteiger partial charge in [0, 0.05) is 67.5 Å². The van der Waals surface area contributed by atoms with Crippen LogP contribution in [0.5, 0.6) is 0 Å². The van der Waals surface area contributed by atoms with Crippen LogP contribution in [0.4, 0.5) is 11.6 Å². The summed E-state index contributed by atoms with van der Waals surface area (Å²) in [5.41, 5.74) is 7.81. The summed E-state index contributed by atoms with van der Waals surface area (Å²) in [6.07, 6.45) is 6.47. The molecular formula is C19H25N7. The predicted molar refractivity (Wildman–Crippen MR) is 106 cm³/mol. The second-order valence-corrected chi connectivity index (χ2v) is 6.94. The molecule has 3 aromatic rings. The molecule has 0 unspecified atom stereocenters. The molecular weight excluding hydrogens is 326 g/mol. The fourth-order valence-electron chi connectivity index (χ4n) is 3.43. The lowest BCUT2D eigenvalue weighted by Crippen LogP contribution is -2.44. The zero-order chi connectivity index (χ0) is 17.9. The number of likely N-dealkylation sites (N-methyl/N-ethyl adjacent to an activating group) is 1. The Morgan fingerprint density at radius 1 is 1.15 bits per heavy atom. The normalized spacial score (nSPS) is 16.3. The molecule has 136 valence electrons. The number of nitrogens with zero attached hydrogens (tertiary/aromatic N) is 5. The van der Waals surface area contributed by atoms with Crippen molar-refractivity contribution in [1.29, 1.82) is 0 Å². The van der Waals surface area contributed by atoms with E-state index in [1.54, 1.807) is 6.20 Å². The molecule has 4 rings (SSSR count). The lowest BCUT2D eigenvalue weighted by molar-refractivity contribution is 0.154. The first-order chi connectivity index (χ1) is 12.7. The molecule has 0 aliphatic carbocycles. The topological polar surface area (TPSA) is 83.2 Å². The second-order valence-electron chi connectivity index (χ2n) is 6.94. The average Bonchev–Trinajstić information content (AvgIpc) is 2.67. The van der Waals surface area contributed by atoms with Crippen LogP contribution in [-0.4, -0.2) is 71.1 Å². The zero-order valence-corrected chi connectivity index (χ0v) is 15.1. The van der Waals surface area contributed by atoms with Gasteiger partial charge in [-0.2, -0.15) is 0 Å². The molecule has 7 heteroatoms. The van der Waals surface area contributed by atoms with Gasteiger partial charge in [-0.15, -0.1) is 0 Å². The average molecular weight is 351 g/mol. The van der Waals surface area contributed by atoms with Crippen LogP contribution in [0.15, 0.2) is 30.7 Å². The largest absolute Gasteiger partial charge is 0.396 e. The Morgan fingerprint density at radius 3 is 2.85 bits per heavy atom. The molecule has 1 saturated heterocycles. The van der Waals surface area contributed by atoms with Gasteiger partial charge >= 0.3 is 0 Å². The Kier molecular flexibility index (Phi) is 4.81. The van der Waals surface area contributed by atoms with Gasteiger partial charge in [0.15, 0.2) is 0 Å². The van der Waals surface area contributed by atoms with Crippen molar-refractivity contribution in [2.24, 2.45) is 0 Å². The Balaban J connectivity index is 1.41. The predicted octanol–water partition coefficient (Wildman–Crippen LogP) is 1.81. The lowest BCUT2D eigenvalue weighted by Gasteiger charge is -2.32. The molecule has 0 saturated carbocycles. The summed E-state index contributed by atoms with van der Waals surface area (Å²) in [5, 5.41) is 6.26. The molecule has 1 aliphatic rings. The number of nitrogens with one attached hydrogen (secondary N) is 1. The fraction of sp³-hybridized carbons (Fsp3) is 0.421. The minimum absolute atomic E-state index is 0.635. The first-order valence-corrected chi connectivity index (χ1v) is 9.14. The monoisotopic (exact) mass is 351 g/mol. The number of pyridine rings is 1. The molecule has 26 heavy (non-hydrogen) atoms. The van der Waals surface area contributed by atoms with E-state index < -0.39 is 0 Å². The number of fused-ring (bicyclic) bond motifs is 2. The van der Waals surface area contributed by atoms with Crippen molar-refractivity contribution in [2.75, 3.05) is 57.4 Å². The molecule has 0 amide bonds. The highest BCUT2D eigenvalue weighted by Gasteiger charge is 2.13. The highest BCUT2D eigenvalue weighted by Crippen LogP contribution is 2.28. The smallest absolute Gasteiger partial charge is 0.223 e. The molecule has 1 aliphatic heterocycles. The van der Waals surface area contributed by atoms with Gasteiger partial charge in [0.1, 0.15) is 0 Å². The van der Waals surface area contributed by atoms with Crippen molar-refractivity contribution in [3.8, 4) is 0 Å². The Morgan fingerprint density at radius 2 is 2.00 bits per heavy atom. The SMILES string of the molecule is CN1CCN(CCCNc2ncc3cc4cnccc4c(N)c3n2)CC1. The Labute approximate surface area is 153 Å². The van der Waals surface area contributed by atoms with Crippen molar-refractivity contribution < 1.29 is 0 Å². The Bertz CT molecular complexity index is 903. The number of nitrogen functional groups attached to an aromatic ring is 1. The van der Waals surface area contributed by atoms with Crippen LogP contribution in [0.25, 0.3) is 21.7 Å². The van der Waals surface area contributed by atoms with Gasteiger partial charge in [0.05, 0.1) is 11.2 Å². The maximum atomic E-state index is 6.33. The van der Waals surface area contributed by atoms with Crippen molar-refractivity contribution in [2.45, 2.75) is 6.42 Å². The van der Waals surface area contributed by atoms with Crippen LogP contribution in [0.3, 0.4) is 0 Å². The van der Waals surface area contributed by atoms with Crippen LogP contribution in [0.1, 0.15) is 6.42 Å². The third-order valence-electron chi connectivity index (χ3n) is 5.06. The third kappa shape index (κ3) is 3.54. The molecule has 0 spiro atoms. The summed E-state index contributed by atoms with van der Waals surface area (Å²) < 4.78 is 0. The van der Waals surface area contributed by atoms with Crippen molar-refractivity contribution in [3.05, 3.63) is 30.7 Å². The van der Waals surface area contributed by atoms with Gasteiger partial charge in [-0.1, -0.05) is 0 Å². The molecule has 3 heterocycles. The minimum atomic E-state index is 0.635. The van der Waals surface area contributed by atoms with Gasteiger partial charge in [0.25, 0.3) is 0 Å². The molecule has 7 nitrogen and oxygen atoms in total. The summed E-state index contributed by atoms with van der Waals surface area (Å²) in [6.45, 7) is 6.58. The van der Waals surface area contributed by atoms with Crippen molar-refractivity contribution >= 4 is 33.3 Å². The number of rotatable bonds is 5. The number of benzene rings is 1. The number of hydrogen-bond donors (Lipinski definition) is 2. The summed E-state index contributed by atoms with van der Waals surface area (Å²) in [6, 6.07) is 3.96. The third-order valence-corrected chi connectivity index (χ3v) is 5.06. The number of piperazine rings is 1. The van der Waals surface area contributed by atoms with Crippen LogP contribution >= 0.6 is 0 Å². The van der Waals surface area contributed by atoms with Gasteiger partial charge in [-0.05, 0) is 32.1 Å². The molecule has 2 aromatic heterocycles. The standard InChI is InChI=1S/C19H25N7/c1-25-7-9-26(10-8-25)6-2-4-22-19-23-13-15-11-14-12-21-5-3-16(14)17(20)18(15)24-19/h3,5,11-13H,2,4,6-10,20H2,1H3,(H,22,23,24). The summed E-state index contributed by atoms with van der Waals surface area (Å²) >= 11 is 0. The van der Waals surface area contributed by atoms with Crippen molar-refractivity contribution in [1.82, 2.24) is 24.8 Å². The molecule has 1 aromatic carbocycles. The van der Waals surface area contributed by atoms with E-state index in [2.05, 4.69) is 37.1 Å². The van der Waals surface area contributed by atoms with E-state index in [0.29, 0.717) is 11.6 Å². The van der Waals surface area contributed by atoms with Crippen LogP contribution in [0, 0.1) is 0 Å². The fourth-order valence-corrected chi connectivity index (χ4v) is 3.43. The second kappa shape index (κ2) is 7.39. The summed E-state index contributed by atoms with van der Waals surface area (Å²) in [4.78, 5) is 18.1. The van der Waals surface area contributed by atoms with E-state index in [-0.39, 0.29) is 0 Å². The molecule has 3 N–H and O–H groups in total. The van der Waals surface area contributed by atoms with Gasteiger partial charge in [-0.25, -0.2) is 9.97 Å². The van der Waals surface area contributed by atoms with E-state index in [1.165, 1.54) is 0 Å². The number of aromatic nitrogens is 3. The van der Waals surface area contributed by atoms with E-state index >= 15 is 0 Å². The maximum absolute atomic E-state index is 6.33. The number of anilines is 2. The van der Waals surface area contributed by atoms with E-state index in [0.717, 1.165) is 67.4 Å². The molecule has 0 atom stereocenters. The first-order valence-electron chi connectivity index (χ1n) is 9.14. The quantitative estimate of drug-likeness (QED) is 0.412. The van der Waals surface area contributed by atoms with E-state index in [4.69, 9.17) is 5.73 Å². The highest BCUT2D eigenvalue weighted by molar-refractivity contribution is 6.08. The molecule has 1 fully saturated rings. The Hall–Kier alpha value is -2.51. The molecule has 0 bridgehead atoms. The zero-order valence-electron chi connectivity index (χ0n) is 15.1. The lowest BCUT2D eigenvalue weighted by atomic mass is 10.1. The van der Waals surface area contributed by atoms with E-state index in [9.17, 15) is 0 Å². The van der Waals surface area contributed by atoms with Crippen LogP contribution < -0.4 is 11.1 Å². The van der Waals surface area contributed by atoms with Gasteiger partial charge in [-0.3, -0.25) is 4.98 Å². The summed E-state index contributed by atoms with van der Waals surface area (Å²) in [7, 11) is 2.18. The van der Waals surface area contributed by atoms with Gasteiger partial charge in [0.2, 0.25) is 5.95 Å². The highest BCUT2D eigenvalue weighted by atomic mass is 15.2. The summed E-state index contributed by atoms with van der Waals surface area (Å²) in [5.74, 6) is 0.635. The van der Waals surface area contributed by atoms with Crippen LogP contribution in [0.2, 0.25) is 0 Å². The van der Waals surface area contributed by atoms with Crippen LogP contribution in [-0.2, 0) is 0 Å². The molecule has 0 radical (unpaired) electrons. The van der Waals surface area contributed by atoms with E-state index in [1.807, 2.05) is 24.5 Å². The minimum Gasteiger partial charge on any atom is -0.396 e. The van der Waals surface area contributed by atoms with Crippen molar-refractivity contribution in [3.63, 3.8) is 0 Å². The first kappa shape index (κ1) is 16.9. The number of hydrogen-bond acceptors (Lipinski definition) is 7. The number of nitrogens with two attached hydrogens (primary N) is 1.